The summed E-state index contributed by atoms with van der Waals surface area (Å²) < 4.78 is 6.00. The molecule has 1 atom stereocenters. The zero-order chi connectivity index (χ0) is 21.7. The first-order valence-electron chi connectivity index (χ1n) is 11.3. The number of phenolic OH excluding ortho intramolecular Hbond substituents is 1. The Morgan fingerprint density at radius 2 is 1.81 bits per heavy atom. The third-order valence-corrected chi connectivity index (χ3v) is 8.11. The maximum absolute atomic E-state index is 12.0. The molecule has 2 aliphatic heterocycles. The number of ketones is 1. The second-order valence-corrected chi connectivity index (χ2v) is 10.0. The summed E-state index contributed by atoms with van der Waals surface area (Å²) in [7, 11) is 0. The fourth-order valence-electron chi connectivity index (χ4n) is 5.18. The van der Waals surface area contributed by atoms with Gasteiger partial charge in [0.25, 0.3) is 0 Å². The molecule has 2 heterocycles. The number of likely N-dealkylation sites (tertiary alicyclic amines) is 1. The number of fused-ring (bicyclic) bond motifs is 3. The molecule has 4 nitrogen and oxygen atoms in total. The number of hydrogen-bond acceptors (Lipinski definition) is 5. The van der Waals surface area contributed by atoms with E-state index in [-0.39, 0.29) is 16.8 Å². The van der Waals surface area contributed by atoms with Gasteiger partial charge in [-0.1, -0.05) is 24.3 Å². The molecule has 162 valence electrons. The predicted molar refractivity (Wildman–Crippen MR) is 128 cm³/mol. The number of allylic oxidation sites excluding steroid dienone is 2. The van der Waals surface area contributed by atoms with Gasteiger partial charge in [-0.3, -0.25) is 9.69 Å². The van der Waals surface area contributed by atoms with E-state index in [1.165, 1.54) is 47.6 Å². The number of rotatable bonds is 5. The summed E-state index contributed by atoms with van der Waals surface area (Å²) >= 11 is 1.75. The van der Waals surface area contributed by atoms with Gasteiger partial charge in [0.1, 0.15) is 18.1 Å². The monoisotopic (exact) mass is 443 g/mol. The molecule has 0 aromatic heterocycles. The van der Waals surface area contributed by atoms with Crippen LogP contribution in [0.2, 0.25) is 0 Å². The van der Waals surface area contributed by atoms with Crippen molar-refractivity contribution in [1.29, 1.82) is 0 Å². The quantitative estimate of drug-likeness (QED) is 0.770. The lowest BCUT2D eigenvalue weighted by Gasteiger charge is -2.16. The number of thioether (sulfide) groups is 1. The zero-order valence-corrected chi connectivity index (χ0v) is 18.7. The third-order valence-electron chi connectivity index (χ3n) is 6.74. The molecule has 0 bridgehead atoms. The van der Waals surface area contributed by atoms with Gasteiger partial charge in [0.05, 0.1) is 0 Å². The smallest absolute Gasteiger partial charge is 0.157 e. The minimum atomic E-state index is 0.163. The Balaban J connectivity index is 1.35. The van der Waals surface area contributed by atoms with Gasteiger partial charge in [-0.25, -0.2) is 0 Å². The highest BCUT2D eigenvalue weighted by Gasteiger charge is 2.37. The lowest BCUT2D eigenvalue weighted by atomic mass is 9.90. The number of ether oxygens (including phenoxy) is 1. The van der Waals surface area contributed by atoms with Crippen LogP contribution in [-0.4, -0.2) is 47.3 Å². The molecule has 1 fully saturated rings. The van der Waals surface area contributed by atoms with Crippen molar-refractivity contribution >= 4 is 28.0 Å². The normalized spacial score (nSPS) is 21.9. The Kier molecular flexibility index (Phi) is 4.96. The van der Waals surface area contributed by atoms with E-state index in [9.17, 15) is 9.90 Å². The van der Waals surface area contributed by atoms with E-state index >= 15 is 0 Å². The summed E-state index contributed by atoms with van der Waals surface area (Å²) in [4.78, 5) is 15.6. The lowest BCUT2D eigenvalue weighted by molar-refractivity contribution is -0.114. The summed E-state index contributed by atoms with van der Waals surface area (Å²) in [6.07, 6.45) is 6.83. The summed E-state index contributed by atoms with van der Waals surface area (Å²) in [5.74, 6) is 1.34. The van der Waals surface area contributed by atoms with Crippen molar-refractivity contribution in [2.75, 3.05) is 26.2 Å². The molecule has 4 aliphatic rings. The first kappa shape index (κ1) is 19.9. The van der Waals surface area contributed by atoms with Crippen LogP contribution in [-0.2, 0) is 4.79 Å². The van der Waals surface area contributed by atoms with Crippen LogP contribution in [0.15, 0.2) is 65.8 Å². The molecule has 1 unspecified atom stereocenters. The van der Waals surface area contributed by atoms with E-state index in [0.717, 1.165) is 28.3 Å². The fraction of sp³-hybridized carbons (Fsp3) is 0.296. The Morgan fingerprint density at radius 1 is 1.00 bits per heavy atom. The van der Waals surface area contributed by atoms with Gasteiger partial charge in [0, 0.05) is 33.9 Å². The van der Waals surface area contributed by atoms with E-state index in [1.807, 2.05) is 18.2 Å². The lowest BCUT2D eigenvalue weighted by Crippen LogP contribution is -2.25. The second kappa shape index (κ2) is 7.98. The van der Waals surface area contributed by atoms with Gasteiger partial charge < -0.3 is 9.84 Å². The van der Waals surface area contributed by atoms with E-state index < -0.39 is 0 Å². The average molecular weight is 444 g/mol. The van der Waals surface area contributed by atoms with Gasteiger partial charge in [-0.05, 0) is 78.2 Å². The molecule has 0 amide bonds. The molecule has 0 radical (unpaired) electrons. The molecule has 0 spiro atoms. The molecular formula is C27H25NO3S. The van der Waals surface area contributed by atoms with Crippen LogP contribution < -0.4 is 15.2 Å². The maximum Gasteiger partial charge on any atom is 0.157 e. The van der Waals surface area contributed by atoms with Crippen molar-refractivity contribution in [3.05, 3.63) is 81.8 Å². The highest BCUT2D eigenvalue weighted by molar-refractivity contribution is 8.09. The largest absolute Gasteiger partial charge is 0.508 e. The van der Waals surface area contributed by atoms with E-state index in [2.05, 4.69) is 29.2 Å². The highest BCUT2D eigenvalue weighted by atomic mass is 32.2. The molecule has 2 aromatic rings. The zero-order valence-electron chi connectivity index (χ0n) is 17.8. The first-order valence-corrected chi connectivity index (χ1v) is 12.2. The number of phenols is 1. The van der Waals surface area contributed by atoms with E-state index in [0.29, 0.717) is 13.0 Å². The van der Waals surface area contributed by atoms with Crippen molar-refractivity contribution in [3.63, 3.8) is 0 Å². The molecule has 0 saturated carbocycles. The van der Waals surface area contributed by atoms with E-state index in [1.54, 1.807) is 23.9 Å². The summed E-state index contributed by atoms with van der Waals surface area (Å²) in [6.45, 7) is 4.06. The van der Waals surface area contributed by atoms with Gasteiger partial charge in [-0.15, -0.1) is 11.8 Å². The predicted octanol–water partition coefficient (Wildman–Crippen LogP) is 3.13. The van der Waals surface area contributed by atoms with Crippen LogP contribution in [0.1, 0.15) is 24.8 Å². The van der Waals surface area contributed by atoms with Crippen LogP contribution in [0.25, 0.3) is 10.5 Å². The van der Waals surface area contributed by atoms with Crippen LogP contribution in [0.3, 0.4) is 0 Å². The molecule has 1 N–H and O–H groups in total. The SMILES string of the molecule is O=C1C=CC2=C3C(=c4cc(O)ccc4=C3c3ccc(OCCN4CCCC4)cc3)SC2C1. The Bertz CT molecular complexity index is 1280. The summed E-state index contributed by atoms with van der Waals surface area (Å²) in [5, 5.41) is 12.5. The van der Waals surface area contributed by atoms with Gasteiger partial charge in [0.2, 0.25) is 0 Å². The summed E-state index contributed by atoms with van der Waals surface area (Å²) in [6, 6.07) is 14.0. The van der Waals surface area contributed by atoms with Gasteiger partial charge in [0.15, 0.2) is 5.78 Å². The number of aromatic hydroxyl groups is 1. The maximum atomic E-state index is 12.0. The van der Waals surface area contributed by atoms with Crippen molar-refractivity contribution in [1.82, 2.24) is 4.90 Å². The Hall–Kier alpha value is -2.76. The van der Waals surface area contributed by atoms with Crippen molar-refractivity contribution < 1.29 is 14.6 Å². The number of carbonyl (C=O) groups excluding carboxylic acids is 1. The number of benzene rings is 2. The topological polar surface area (TPSA) is 49.8 Å². The summed E-state index contributed by atoms with van der Waals surface area (Å²) in [5.41, 5.74) is 4.75. The van der Waals surface area contributed by atoms with Crippen LogP contribution >= 0.6 is 11.8 Å². The molecule has 2 aliphatic carbocycles. The first-order chi connectivity index (χ1) is 15.7. The van der Waals surface area contributed by atoms with Crippen molar-refractivity contribution in [3.8, 4) is 11.5 Å². The molecule has 1 saturated heterocycles. The minimum absolute atomic E-state index is 0.163. The number of nitrogens with zero attached hydrogens (tertiary/aromatic N) is 1. The molecule has 32 heavy (non-hydrogen) atoms. The second-order valence-electron chi connectivity index (χ2n) is 8.80. The number of hydrogen-bond donors (Lipinski definition) is 1. The fourth-order valence-corrected chi connectivity index (χ4v) is 6.67. The third kappa shape index (κ3) is 3.40. The molecule has 5 heteroatoms. The van der Waals surface area contributed by atoms with Crippen LogP contribution in [0.5, 0.6) is 11.5 Å². The van der Waals surface area contributed by atoms with Crippen molar-refractivity contribution in [2.45, 2.75) is 24.5 Å². The van der Waals surface area contributed by atoms with Gasteiger partial charge >= 0.3 is 0 Å². The van der Waals surface area contributed by atoms with E-state index in [4.69, 9.17) is 4.74 Å². The average Bonchev–Trinajstić information content (AvgIpc) is 3.50. The van der Waals surface area contributed by atoms with Gasteiger partial charge in [-0.2, -0.15) is 0 Å². The van der Waals surface area contributed by atoms with Crippen molar-refractivity contribution in [2.24, 2.45) is 0 Å². The Labute approximate surface area is 191 Å². The standard InChI is InChI=1S/C27H25NO3S/c29-18-5-9-21-23(15-18)27-26(22-10-6-19(30)16-24(22)32-27)25(21)17-3-7-20(8-4-17)31-14-13-28-11-1-2-12-28/h3-10,15,24,29H,1-2,11-14,16H2. The molecular weight excluding hydrogens is 418 g/mol. The highest BCUT2D eigenvalue weighted by Crippen LogP contribution is 2.51. The molecule has 2 aromatic carbocycles. The van der Waals surface area contributed by atoms with Crippen LogP contribution in [0.4, 0.5) is 0 Å². The van der Waals surface area contributed by atoms with Crippen LogP contribution in [0, 0.1) is 0 Å². The Morgan fingerprint density at radius 3 is 2.62 bits per heavy atom. The number of carbonyl (C=O) groups is 1. The molecule has 6 rings (SSSR count). The minimum Gasteiger partial charge on any atom is -0.508 e.